The molecule has 0 radical (unpaired) electrons. The predicted octanol–water partition coefficient (Wildman–Crippen LogP) is 2.78. The Morgan fingerprint density at radius 1 is 1.45 bits per heavy atom. The number of thiophene rings is 1. The molecule has 114 valence electrons. The number of rotatable bonds is 8. The van der Waals surface area contributed by atoms with E-state index in [1.807, 2.05) is 19.9 Å². The SMILES string of the molecule is CCCC(C)NS(=O)(=O)c1cc(CNC2CC2)sc1C. The molecule has 0 aromatic carbocycles. The first kappa shape index (κ1) is 15.9. The van der Waals surface area contributed by atoms with Gasteiger partial charge in [-0.25, -0.2) is 13.1 Å². The fourth-order valence-electron chi connectivity index (χ4n) is 2.23. The third-order valence-electron chi connectivity index (χ3n) is 3.43. The molecule has 0 spiro atoms. The smallest absolute Gasteiger partial charge is 0.241 e. The summed E-state index contributed by atoms with van der Waals surface area (Å²) in [5, 5.41) is 3.42. The molecular formula is C14H24N2O2S2. The lowest BCUT2D eigenvalue weighted by Gasteiger charge is -2.12. The van der Waals surface area contributed by atoms with Gasteiger partial charge in [0, 0.05) is 28.4 Å². The Kier molecular flexibility index (Phi) is 5.23. The van der Waals surface area contributed by atoms with Crippen molar-refractivity contribution in [3.63, 3.8) is 0 Å². The van der Waals surface area contributed by atoms with Crippen LogP contribution in [-0.2, 0) is 16.6 Å². The zero-order valence-corrected chi connectivity index (χ0v) is 14.0. The maximum atomic E-state index is 12.4. The highest BCUT2D eigenvalue weighted by atomic mass is 32.2. The van der Waals surface area contributed by atoms with E-state index in [1.54, 1.807) is 11.3 Å². The molecule has 1 aliphatic rings. The quantitative estimate of drug-likeness (QED) is 0.775. The lowest BCUT2D eigenvalue weighted by molar-refractivity contribution is 0.543. The number of sulfonamides is 1. The van der Waals surface area contributed by atoms with Crippen molar-refractivity contribution in [3.05, 3.63) is 15.8 Å². The summed E-state index contributed by atoms with van der Waals surface area (Å²) in [4.78, 5) is 2.41. The predicted molar refractivity (Wildman–Crippen MR) is 83.6 cm³/mol. The van der Waals surface area contributed by atoms with Gasteiger partial charge in [-0.1, -0.05) is 13.3 Å². The summed E-state index contributed by atoms with van der Waals surface area (Å²) in [6, 6.07) is 2.44. The highest BCUT2D eigenvalue weighted by molar-refractivity contribution is 7.89. The first-order valence-electron chi connectivity index (χ1n) is 7.27. The summed E-state index contributed by atoms with van der Waals surface area (Å²) in [6.07, 6.45) is 4.32. The van der Waals surface area contributed by atoms with Gasteiger partial charge in [0.2, 0.25) is 10.0 Å². The Morgan fingerprint density at radius 3 is 2.75 bits per heavy atom. The minimum absolute atomic E-state index is 0.0164. The summed E-state index contributed by atoms with van der Waals surface area (Å²) in [6.45, 7) is 6.63. The van der Waals surface area contributed by atoms with E-state index in [2.05, 4.69) is 17.0 Å². The van der Waals surface area contributed by atoms with Crippen LogP contribution in [0.1, 0.15) is 49.3 Å². The largest absolute Gasteiger partial charge is 0.309 e. The molecule has 1 aliphatic carbocycles. The Balaban J connectivity index is 2.05. The maximum absolute atomic E-state index is 12.4. The van der Waals surface area contributed by atoms with E-state index in [0.29, 0.717) is 10.9 Å². The van der Waals surface area contributed by atoms with Gasteiger partial charge >= 0.3 is 0 Å². The Hall–Kier alpha value is -0.430. The van der Waals surface area contributed by atoms with Crippen molar-refractivity contribution in [1.82, 2.24) is 10.0 Å². The molecule has 1 fully saturated rings. The fraction of sp³-hybridized carbons (Fsp3) is 0.714. The average molecular weight is 316 g/mol. The van der Waals surface area contributed by atoms with Crippen LogP contribution in [0.2, 0.25) is 0 Å². The first-order valence-corrected chi connectivity index (χ1v) is 9.57. The van der Waals surface area contributed by atoms with Gasteiger partial charge in [0.1, 0.15) is 0 Å². The van der Waals surface area contributed by atoms with Gasteiger partial charge in [0.25, 0.3) is 0 Å². The second-order valence-corrected chi connectivity index (χ2v) is 8.62. The molecule has 6 heteroatoms. The zero-order chi connectivity index (χ0) is 14.8. The fourth-order valence-corrected chi connectivity index (χ4v) is 5.10. The van der Waals surface area contributed by atoms with Gasteiger partial charge in [-0.15, -0.1) is 11.3 Å². The molecule has 0 saturated heterocycles. The highest BCUT2D eigenvalue weighted by Crippen LogP contribution is 2.27. The Labute approximate surface area is 126 Å². The van der Waals surface area contributed by atoms with Crippen LogP contribution in [0.5, 0.6) is 0 Å². The molecule has 1 heterocycles. The molecule has 1 aromatic heterocycles. The summed E-state index contributed by atoms with van der Waals surface area (Å²) in [5.74, 6) is 0. The first-order chi connectivity index (χ1) is 9.42. The number of hydrogen-bond acceptors (Lipinski definition) is 4. The van der Waals surface area contributed by atoms with Crippen LogP contribution in [-0.4, -0.2) is 20.5 Å². The van der Waals surface area contributed by atoms with E-state index >= 15 is 0 Å². The minimum Gasteiger partial charge on any atom is -0.309 e. The second kappa shape index (κ2) is 6.56. The molecule has 0 bridgehead atoms. The molecule has 0 amide bonds. The van der Waals surface area contributed by atoms with Crippen LogP contribution in [0, 0.1) is 6.92 Å². The van der Waals surface area contributed by atoms with Crippen molar-refractivity contribution in [3.8, 4) is 0 Å². The van der Waals surface area contributed by atoms with E-state index in [4.69, 9.17) is 0 Å². The van der Waals surface area contributed by atoms with Gasteiger partial charge < -0.3 is 5.32 Å². The molecule has 1 unspecified atom stereocenters. The van der Waals surface area contributed by atoms with Gasteiger partial charge in [-0.2, -0.15) is 0 Å². The standard InChI is InChI=1S/C14H24N2O2S2/c1-4-5-10(2)16-20(17,18)14-8-13(19-11(14)3)9-15-12-6-7-12/h8,10,12,15-16H,4-7,9H2,1-3H3. The van der Waals surface area contributed by atoms with Crippen molar-refractivity contribution in [2.45, 2.75) is 70.0 Å². The van der Waals surface area contributed by atoms with Gasteiger partial charge in [0.05, 0.1) is 4.90 Å². The molecule has 4 nitrogen and oxygen atoms in total. The molecule has 2 N–H and O–H groups in total. The lowest BCUT2D eigenvalue weighted by atomic mass is 10.2. The van der Waals surface area contributed by atoms with E-state index < -0.39 is 10.0 Å². The molecule has 1 saturated carbocycles. The van der Waals surface area contributed by atoms with Crippen LogP contribution >= 0.6 is 11.3 Å². The summed E-state index contributed by atoms with van der Waals surface area (Å²) < 4.78 is 27.5. The van der Waals surface area contributed by atoms with Crippen molar-refractivity contribution in [2.24, 2.45) is 0 Å². The third kappa shape index (κ3) is 4.28. The monoisotopic (exact) mass is 316 g/mol. The Bertz CT molecular complexity index is 548. The third-order valence-corrected chi connectivity index (χ3v) is 6.33. The lowest BCUT2D eigenvalue weighted by Crippen LogP contribution is -2.32. The minimum atomic E-state index is -3.38. The number of hydrogen-bond donors (Lipinski definition) is 2. The molecule has 0 aliphatic heterocycles. The van der Waals surface area contributed by atoms with Gasteiger partial charge in [0.15, 0.2) is 0 Å². The van der Waals surface area contributed by atoms with Crippen LogP contribution < -0.4 is 10.0 Å². The normalized spacial score (nSPS) is 17.4. The van der Waals surface area contributed by atoms with Crippen LogP contribution in [0.15, 0.2) is 11.0 Å². The molecule has 1 aromatic rings. The van der Waals surface area contributed by atoms with E-state index in [-0.39, 0.29) is 6.04 Å². The van der Waals surface area contributed by atoms with E-state index in [1.165, 1.54) is 12.8 Å². The van der Waals surface area contributed by atoms with Crippen molar-refractivity contribution in [1.29, 1.82) is 0 Å². The van der Waals surface area contributed by atoms with Crippen LogP contribution in [0.4, 0.5) is 0 Å². The number of nitrogens with one attached hydrogen (secondary N) is 2. The maximum Gasteiger partial charge on any atom is 0.241 e. The van der Waals surface area contributed by atoms with Crippen LogP contribution in [0.3, 0.4) is 0 Å². The second-order valence-electron chi connectivity index (χ2n) is 5.60. The Morgan fingerprint density at radius 2 is 2.15 bits per heavy atom. The van der Waals surface area contributed by atoms with Gasteiger partial charge in [-0.3, -0.25) is 0 Å². The zero-order valence-electron chi connectivity index (χ0n) is 12.4. The number of aryl methyl sites for hydroxylation is 1. The van der Waals surface area contributed by atoms with Crippen LogP contribution in [0.25, 0.3) is 0 Å². The van der Waals surface area contributed by atoms with E-state index in [9.17, 15) is 8.42 Å². The van der Waals surface area contributed by atoms with Crippen molar-refractivity contribution < 1.29 is 8.42 Å². The summed E-state index contributed by atoms with van der Waals surface area (Å²) in [5.41, 5.74) is 0. The average Bonchev–Trinajstić information content (AvgIpc) is 3.09. The van der Waals surface area contributed by atoms with Crippen molar-refractivity contribution in [2.75, 3.05) is 0 Å². The summed E-state index contributed by atoms with van der Waals surface area (Å²) in [7, 11) is -3.38. The molecule has 2 rings (SSSR count). The van der Waals surface area contributed by atoms with Gasteiger partial charge in [-0.05, 0) is 39.2 Å². The molecule has 1 atom stereocenters. The van der Waals surface area contributed by atoms with E-state index in [0.717, 1.165) is 29.1 Å². The topological polar surface area (TPSA) is 58.2 Å². The van der Waals surface area contributed by atoms with Crippen molar-refractivity contribution >= 4 is 21.4 Å². The molecule has 20 heavy (non-hydrogen) atoms. The molecular weight excluding hydrogens is 292 g/mol. The highest BCUT2D eigenvalue weighted by Gasteiger charge is 2.23. The summed E-state index contributed by atoms with van der Waals surface area (Å²) >= 11 is 1.57.